The van der Waals surface area contributed by atoms with E-state index in [0.717, 1.165) is 5.56 Å². The van der Waals surface area contributed by atoms with Crippen molar-refractivity contribution < 1.29 is 28.1 Å². The number of ether oxygens (including phenoxy) is 4. The lowest BCUT2D eigenvalue weighted by Gasteiger charge is -2.20. The van der Waals surface area contributed by atoms with Crippen LogP contribution in [-0.2, 0) is 18.0 Å². The number of carbonyl (C=O) groups is 1. The summed E-state index contributed by atoms with van der Waals surface area (Å²) in [6, 6.07) is 12.5. The van der Waals surface area contributed by atoms with Crippen molar-refractivity contribution in [1.29, 1.82) is 0 Å². The molecule has 162 valence electrons. The minimum absolute atomic E-state index is 0.124. The molecule has 0 aromatic heterocycles. The third-order valence-electron chi connectivity index (χ3n) is 5.04. The Balaban J connectivity index is 1.38. The molecule has 8 heteroatoms. The smallest absolute Gasteiger partial charge is 0.231 e. The van der Waals surface area contributed by atoms with Crippen molar-refractivity contribution in [2.45, 2.75) is 13.2 Å². The zero-order chi connectivity index (χ0) is 22.2. The topological polar surface area (TPSA) is 54.0 Å². The summed E-state index contributed by atoms with van der Waals surface area (Å²) in [4.78, 5) is 12.8. The van der Waals surface area contributed by atoms with E-state index in [-0.39, 0.29) is 30.0 Å². The van der Waals surface area contributed by atoms with E-state index in [1.165, 1.54) is 12.1 Å². The van der Waals surface area contributed by atoms with Crippen molar-refractivity contribution in [3.05, 3.63) is 92.4 Å². The van der Waals surface area contributed by atoms with Crippen LogP contribution in [0.3, 0.4) is 0 Å². The lowest BCUT2D eigenvalue weighted by molar-refractivity contribution is -0.0165. The number of carbonyl (C=O) groups excluding carboxylic acids is 1. The number of hydrogen-bond acceptors (Lipinski definition) is 5. The highest BCUT2D eigenvalue weighted by molar-refractivity contribution is 6.31. The third kappa shape index (κ3) is 4.05. The molecule has 0 unspecified atom stereocenters. The molecule has 0 aliphatic carbocycles. The molecule has 0 saturated carbocycles. The van der Waals surface area contributed by atoms with Crippen LogP contribution in [0.25, 0.3) is 6.08 Å². The molecule has 0 spiro atoms. The van der Waals surface area contributed by atoms with Gasteiger partial charge >= 0.3 is 0 Å². The number of allylic oxidation sites excluding steroid dienone is 1. The second kappa shape index (κ2) is 8.47. The molecule has 3 aromatic rings. The molecule has 3 aromatic carbocycles. The van der Waals surface area contributed by atoms with Crippen LogP contribution >= 0.6 is 23.2 Å². The summed E-state index contributed by atoms with van der Waals surface area (Å²) in [5, 5.41) is 0.781. The SMILES string of the molecule is O=C1C(=Cc2cc(Cl)cc3c2OCOC3)Oc2cc(OCc3ccc(F)cc3Cl)ccc21. The van der Waals surface area contributed by atoms with Crippen molar-refractivity contribution in [2.75, 3.05) is 6.79 Å². The van der Waals surface area contributed by atoms with Crippen LogP contribution in [0.4, 0.5) is 4.39 Å². The van der Waals surface area contributed by atoms with Gasteiger partial charge in [0.15, 0.2) is 12.6 Å². The molecule has 2 aliphatic heterocycles. The molecule has 2 heterocycles. The van der Waals surface area contributed by atoms with Crippen molar-refractivity contribution in [3.63, 3.8) is 0 Å². The lowest BCUT2D eigenvalue weighted by atomic mass is 10.1. The maximum atomic E-state index is 13.2. The minimum atomic E-state index is -0.415. The summed E-state index contributed by atoms with van der Waals surface area (Å²) in [6.45, 7) is 0.640. The Kier molecular flexibility index (Phi) is 5.51. The maximum Gasteiger partial charge on any atom is 0.231 e. The Hall–Kier alpha value is -3.06. The van der Waals surface area contributed by atoms with Gasteiger partial charge in [-0.1, -0.05) is 29.3 Å². The molecule has 32 heavy (non-hydrogen) atoms. The van der Waals surface area contributed by atoms with Crippen LogP contribution < -0.4 is 14.2 Å². The first-order valence-corrected chi connectivity index (χ1v) is 10.4. The molecule has 0 amide bonds. The summed E-state index contributed by atoms with van der Waals surface area (Å²) in [6.07, 6.45) is 1.61. The van der Waals surface area contributed by atoms with E-state index in [2.05, 4.69) is 0 Å². The number of Topliss-reactive ketones (excluding diaryl/α,β-unsaturated/α-hetero) is 1. The van der Waals surface area contributed by atoms with E-state index >= 15 is 0 Å². The Morgan fingerprint density at radius 2 is 1.97 bits per heavy atom. The maximum absolute atomic E-state index is 13.2. The Bertz CT molecular complexity index is 1270. The van der Waals surface area contributed by atoms with E-state index < -0.39 is 5.82 Å². The van der Waals surface area contributed by atoms with Gasteiger partial charge in [-0.15, -0.1) is 0 Å². The van der Waals surface area contributed by atoms with Crippen LogP contribution in [0.1, 0.15) is 27.0 Å². The molecular weight excluding hydrogens is 458 g/mol. The van der Waals surface area contributed by atoms with Crippen LogP contribution in [0.15, 0.2) is 54.3 Å². The number of ketones is 1. The van der Waals surface area contributed by atoms with Gasteiger partial charge in [0.2, 0.25) is 5.78 Å². The van der Waals surface area contributed by atoms with Gasteiger partial charge in [0, 0.05) is 27.8 Å². The fraction of sp³-hybridized carbons (Fsp3) is 0.125. The van der Waals surface area contributed by atoms with Crippen molar-refractivity contribution in [3.8, 4) is 17.2 Å². The van der Waals surface area contributed by atoms with Gasteiger partial charge in [0.1, 0.15) is 29.7 Å². The predicted molar refractivity (Wildman–Crippen MR) is 117 cm³/mol. The molecule has 0 fully saturated rings. The number of halogens is 3. The minimum Gasteiger partial charge on any atom is -0.489 e. The van der Waals surface area contributed by atoms with E-state index in [0.29, 0.717) is 45.6 Å². The van der Waals surface area contributed by atoms with Crippen molar-refractivity contribution in [1.82, 2.24) is 0 Å². The summed E-state index contributed by atoms with van der Waals surface area (Å²) in [7, 11) is 0. The monoisotopic (exact) mass is 472 g/mol. The number of fused-ring (bicyclic) bond motifs is 2. The molecule has 0 bridgehead atoms. The second-order valence-corrected chi connectivity index (χ2v) is 8.06. The molecule has 0 saturated heterocycles. The normalized spacial score (nSPS) is 15.7. The first kappa shape index (κ1) is 20.8. The van der Waals surface area contributed by atoms with E-state index in [9.17, 15) is 9.18 Å². The number of rotatable bonds is 4. The highest BCUT2D eigenvalue weighted by Crippen LogP contribution is 2.38. The molecule has 5 rings (SSSR count). The van der Waals surface area contributed by atoms with Gasteiger partial charge in [0.05, 0.1) is 17.2 Å². The van der Waals surface area contributed by atoms with Gasteiger partial charge in [0.25, 0.3) is 0 Å². The van der Waals surface area contributed by atoms with Crippen LogP contribution in [0, 0.1) is 5.82 Å². The standard InChI is InChI=1S/C24H15Cl2FO5/c25-16-5-14(24-15(6-16)10-29-12-31-24)7-22-23(28)19-4-3-18(9-21(19)32-22)30-11-13-1-2-17(27)8-20(13)26/h1-9H,10-12H2. The van der Waals surface area contributed by atoms with Crippen LogP contribution in [0.5, 0.6) is 17.2 Å². The average Bonchev–Trinajstić information content (AvgIpc) is 3.07. The fourth-order valence-electron chi connectivity index (χ4n) is 3.51. The molecule has 2 aliphatic rings. The van der Waals surface area contributed by atoms with Gasteiger partial charge in [-0.25, -0.2) is 4.39 Å². The zero-order valence-electron chi connectivity index (χ0n) is 16.5. The Labute approximate surface area is 192 Å². The van der Waals surface area contributed by atoms with Crippen LogP contribution in [-0.4, -0.2) is 12.6 Å². The fourth-order valence-corrected chi connectivity index (χ4v) is 3.98. The predicted octanol–water partition coefficient (Wildman–Crippen LogP) is 6.19. The molecule has 0 atom stereocenters. The van der Waals surface area contributed by atoms with Gasteiger partial charge in [-0.2, -0.15) is 0 Å². The van der Waals surface area contributed by atoms with E-state index in [1.807, 2.05) is 0 Å². The molecule has 0 N–H and O–H groups in total. The second-order valence-electron chi connectivity index (χ2n) is 7.22. The first-order chi connectivity index (χ1) is 15.5. The summed E-state index contributed by atoms with van der Waals surface area (Å²) < 4.78 is 35.6. The summed E-state index contributed by atoms with van der Waals surface area (Å²) in [5.74, 6) is 0.956. The molecule has 5 nitrogen and oxygen atoms in total. The molecule has 0 radical (unpaired) electrons. The number of hydrogen-bond donors (Lipinski definition) is 0. The highest BCUT2D eigenvalue weighted by atomic mass is 35.5. The quantitative estimate of drug-likeness (QED) is 0.423. The lowest BCUT2D eigenvalue weighted by Crippen LogP contribution is -2.12. The van der Waals surface area contributed by atoms with Crippen molar-refractivity contribution >= 4 is 35.1 Å². The zero-order valence-corrected chi connectivity index (χ0v) is 18.0. The van der Waals surface area contributed by atoms with E-state index in [1.54, 1.807) is 42.5 Å². The summed E-state index contributed by atoms with van der Waals surface area (Å²) in [5.41, 5.74) is 2.49. The average molecular weight is 473 g/mol. The molecular formula is C24H15Cl2FO5. The highest BCUT2D eigenvalue weighted by Gasteiger charge is 2.29. The summed E-state index contributed by atoms with van der Waals surface area (Å²) >= 11 is 12.2. The van der Waals surface area contributed by atoms with Gasteiger partial charge < -0.3 is 18.9 Å². The van der Waals surface area contributed by atoms with Gasteiger partial charge in [-0.05, 0) is 42.5 Å². The van der Waals surface area contributed by atoms with Crippen molar-refractivity contribution in [2.24, 2.45) is 0 Å². The Morgan fingerprint density at radius 1 is 1.09 bits per heavy atom. The van der Waals surface area contributed by atoms with Gasteiger partial charge in [-0.3, -0.25) is 4.79 Å². The Morgan fingerprint density at radius 3 is 2.81 bits per heavy atom. The first-order valence-electron chi connectivity index (χ1n) is 9.66. The largest absolute Gasteiger partial charge is 0.489 e. The number of benzene rings is 3. The van der Waals surface area contributed by atoms with Crippen LogP contribution in [0.2, 0.25) is 10.0 Å². The van der Waals surface area contributed by atoms with E-state index in [4.69, 9.17) is 42.1 Å². The third-order valence-corrected chi connectivity index (χ3v) is 5.61.